The Hall–Kier alpha value is 1.73. The van der Waals surface area contributed by atoms with Gasteiger partial charge in [0, 0.05) is 49.6 Å². The average Bonchev–Trinajstić information content (AvgIpc) is 4.02. The Labute approximate surface area is 456 Å². The molecule has 68 heavy (non-hydrogen) atoms. The molecule has 0 aromatic heterocycles. The molecule has 10 aliphatic rings. The summed E-state index contributed by atoms with van der Waals surface area (Å²) in [6.07, 6.45) is 23.6. The predicted octanol–water partition coefficient (Wildman–Crippen LogP) is -11.5. The van der Waals surface area contributed by atoms with E-state index < -0.39 is 49.0 Å². The zero-order chi connectivity index (χ0) is 44.0. The van der Waals surface area contributed by atoms with Crippen molar-refractivity contribution < 1.29 is 101 Å². The number of fused-ring (bicyclic) bond motifs is 3. The molecule has 0 spiro atoms. The van der Waals surface area contributed by atoms with E-state index in [1.165, 1.54) is 64.2 Å². The van der Waals surface area contributed by atoms with Gasteiger partial charge in [-0.25, -0.2) is 16.8 Å². The van der Waals surface area contributed by atoms with Crippen LogP contribution in [0.4, 0.5) is 0 Å². The normalized spacial score (nSPS) is 43.8. The molecule has 10 N–H and O–H groups in total. The first-order chi connectivity index (χ1) is 30.9. The Bertz CT molecular complexity index is 1800. The summed E-state index contributed by atoms with van der Waals surface area (Å²) in [5.74, 6) is 1.81. The Kier molecular flexibility index (Phi) is 22.7. The van der Waals surface area contributed by atoms with Crippen LogP contribution in [0.2, 0.25) is 0 Å². The van der Waals surface area contributed by atoms with Crippen LogP contribution in [0.3, 0.4) is 0 Å². The van der Waals surface area contributed by atoms with Crippen LogP contribution in [0.25, 0.3) is 0 Å². The van der Waals surface area contributed by atoms with Gasteiger partial charge in [-0.2, -0.15) is 18.8 Å². The molecule has 18 unspecified atom stereocenters. The fourth-order valence-corrected chi connectivity index (χ4v) is 16.9. The summed E-state index contributed by atoms with van der Waals surface area (Å²) in [7, 11) is -9.21. The van der Waals surface area contributed by atoms with E-state index in [1.807, 2.05) is 0 Å². The zero-order valence-electron chi connectivity index (χ0n) is 41.7. The number of rotatable bonds is 12. The van der Waals surface area contributed by atoms with Crippen molar-refractivity contribution in [1.29, 1.82) is 0 Å². The largest absolute Gasteiger partial charge is 1.00 e. The molecule has 0 amide bonds. The first kappa shape index (κ1) is 59.0. The SMILES string of the molecule is O=S(=O)([O-])C1CCC2C(CCC(NC3NC(NC4CCCC5C(NC6NC(NC7[CH-]C8CC[CH-]CC8CC7)NC(N7CCCC7)N6)CCCC45)NC(N4CCCC4)N3)C2S(=O)(=O)[O-])C1.[Li+].[Li+].[Li+].[Li+]. The molecule has 10 rings (SSSR count). The third-order valence-corrected chi connectivity index (χ3v) is 20.3. The van der Waals surface area contributed by atoms with Gasteiger partial charge in [-0.15, -0.1) is 12.5 Å². The summed E-state index contributed by atoms with van der Waals surface area (Å²) < 4.78 is 74.7. The molecule has 6 saturated carbocycles. The molecule has 18 atom stereocenters. The summed E-state index contributed by atoms with van der Waals surface area (Å²) in [6, 6.07) is 0.445. The molecule has 0 aromatic carbocycles. The van der Waals surface area contributed by atoms with Crippen LogP contribution in [-0.2, 0) is 20.2 Å². The molecule has 24 heteroatoms. The van der Waals surface area contributed by atoms with Crippen LogP contribution >= 0.6 is 0 Å². The maximum absolute atomic E-state index is 13.0. The maximum atomic E-state index is 13.0. The van der Waals surface area contributed by atoms with Crippen molar-refractivity contribution >= 4 is 20.2 Å². The van der Waals surface area contributed by atoms with Crippen molar-refractivity contribution in [2.75, 3.05) is 26.2 Å². The van der Waals surface area contributed by atoms with Gasteiger partial charge >= 0.3 is 75.4 Å². The van der Waals surface area contributed by atoms with Gasteiger partial charge in [0.15, 0.2) is 0 Å². The maximum Gasteiger partial charge on any atom is 1.00 e. The average molecular weight is 963 g/mol. The van der Waals surface area contributed by atoms with Crippen molar-refractivity contribution in [3.8, 4) is 0 Å². The summed E-state index contributed by atoms with van der Waals surface area (Å²) in [5, 5.41) is 36.4. The Morgan fingerprint density at radius 2 is 1.00 bits per heavy atom. The van der Waals surface area contributed by atoms with E-state index in [-0.39, 0.29) is 138 Å². The van der Waals surface area contributed by atoms with Crippen LogP contribution in [0.15, 0.2) is 0 Å². The second-order valence-electron chi connectivity index (χ2n) is 21.5. The van der Waals surface area contributed by atoms with E-state index in [4.69, 9.17) is 0 Å². The molecule has 18 nitrogen and oxygen atoms in total. The quantitative estimate of drug-likeness (QED) is 0.0497. The summed E-state index contributed by atoms with van der Waals surface area (Å²) in [4.78, 5) is 4.95. The minimum Gasteiger partial charge on any atom is -0.748 e. The first-order valence-corrected chi connectivity index (χ1v) is 28.5. The van der Waals surface area contributed by atoms with E-state index in [1.54, 1.807) is 0 Å². The molecule has 4 aliphatic heterocycles. The van der Waals surface area contributed by atoms with Crippen molar-refractivity contribution in [1.82, 2.24) is 63.0 Å². The van der Waals surface area contributed by atoms with E-state index in [0.29, 0.717) is 36.8 Å². The van der Waals surface area contributed by atoms with Gasteiger partial charge in [-0.1, -0.05) is 31.6 Å². The van der Waals surface area contributed by atoms with Crippen LogP contribution in [0, 0.1) is 48.3 Å². The topological polar surface area (TPSA) is 241 Å². The fraction of sp³-hybridized carbons (Fsp3) is 0.955. The van der Waals surface area contributed by atoms with Gasteiger partial charge in [0.25, 0.3) is 0 Å². The molecular formula is C44H78Li4N12O6S2. The van der Waals surface area contributed by atoms with Gasteiger partial charge in [0.05, 0.1) is 25.5 Å². The number of nitrogens with one attached hydrogen (secondary N) is 10. The molecular weight excluding hydrogens is 884 g/mol. The molecule has 4 heterocycles. The van der Waals surface area contributed by atoms with Crippen LogP contribution in [0.5, 0.6) is 0 Å². The Balaban J connectivity index is 0.00000190. The van der Waals surface area contributed by atoms with Gasteiger partial charge < -0.3 is 27.3 Å². The van der Waals surface area contributed by atoms with Crippen molar-refractivity contribution in [3.63, 3.8) is 0 Å². The number of hydrogen-bond acceptors (Lipinski definition) is 18. The minimum atomic E-state index is -4.73. The monoisotopic (exact) mass is 963 g/mol. The van der Waals surface area contributed by atoms with Gasteiger partial charge in [0.2, 0.25) is 0 Å². The van der Waals surface area contributed by atoms with E-state index in [0.717, 1.165) is 70.1 Å². The number of likely N-dealkylation sites (tertiary alicyclic amines) is 2. The molecule has 366 valence electrons. The standard InChI is InChI=1S/C44H80N12O6S2.4Li/c57-63(58,59)31-18-19-32-29(26-31)16-20-37(38(32)64(60,61)62)48-42-50-41(53-44(54-42)56-23-5-6-24-56)47-36-14-8-11-33-34(36)12-7-13-35(33)46-40-49-39(51-43(52-40)55-21-3-4-22-55)45-30-17-15-27-9-1-2-10-28(27)25-30;;;;/h1,25,27-54H,2-24,26H2,(H,57,58,59)(H,60,61,62);;;;/q-2;4*+1/p-2. The smallest absolute Gasteiger partial charge is 0.748 e. The predicted molar refractivity (Wildman–Crippen MR) is 241 cm³/mol. The fourth-order valence-electron chi connectivity index (χ4n) is 14.6. The van der Waals surface area contributed by atoms with Crippen LogP contribution in [0.1, 0.15) is 128 Å². The number of nitrogens with zero attached hydrogens (tertiary/aromatic N) is 2. The summed E-state index contributed by atoms with van der Waals surface area (Å²) in [5.41, 5.74) is 0. The van der Waals surface area contributed by atoms with Gasteiger partial charge in [-0.05, 0) is 107 Å². The third kappa shape index (κ3) is 14.2. The van der Waals surface area contributed by atoms with Gasteiger partial charge in [0.1, 0.15) is 37.7 Å². The van der Waals surface area contributed by atoms with E-state index in [9.17, 15) is 25.9 Å². The molecule has 6 aliphatic carbocycles. The first-order valence-electron chi connectivity index (χ1n) is 25.6. The minimum absolute atomic E-state index is 0. The summed E-state index contributed by atoms with van der Waals surface area (Å²) >= 11 is 0. The Morgan fingerprint density at radius 3 is 1.53 bits per heavy atom. The van der Waals surface area contributed by atoms with Gasteiger partial charge in [-0.3, -0.25) is 57.7 Å². The van der Waals surface area contributed by atoms with E-state index in [2.05, 4.69) is 75.8 Å². The zero-order valence-corrected chi connectivity index (χ0v) is 43.3. The van der Waals surface area contributed by atoms with Crippen LogP contribution in [-0.4, -0.2) is 134 Å². The Morgan fingerprint density at radius 1 is 0.485 bits per heavy atom. The van der Waals surface area contributed by atoms with Crippen molar-refractivity contribution in [3.05, 3.63) is 12.8 Å². The molecule has 0 aromatic rings. The molecule has 10 fully saturated rings. The molecule has 0 radical (unpaired) electrons. The molecule has 0 bridgehead atoms. The van der Waals surface area contributed by atoms with Crippen LogP contribution < -0.4 is 129 Å². The second-order valence-corrected chi connectivity index (χ2v) is 24.7. The van der Waals surface area contributed by atoms with E-state index >= 15 is 0 Å². The van der Waals surface area contributed by atoms with Crippen molar-refractivity contribution in [2.45, 2.75) is 201 Å². The third-order valence-electron chi connectivity index (χ3n) is 17.7. The summed E-state index contributed by atoms with van der Waals surface area (Å²) in [6.45, 7) is 4.11. The second kappa shape index (κ2) is 26.2. The molecule has 4 saturated heterocycles. The number of hydrogen-bond donors (Lipinski definition) is 10. The van der Waals surface area contributed by atoms with Crippen molar-refractivity contribution in [2.24, 2.45) is 35.5 Å².